The van der Waals surface area contributed by atoms with E-state index in [2.05, 4.69) is 15.4 Å². The maximum Gasteiger partial charge on any atom is 0.295 e. The SMILES string of the molecule is COc1ccc(NC(=O)c2ncn(CC(O)c3ccc(F)cc3)n2)c(OC)c1. The molecule has 1 unspecified atom stereocenters. The molecule has 0 aliphatic rings. The first-order valence-electron chi connectivity index (χ1n) is 8.36. The van der Waals surface area contributed by atoms with Gasteiger partial charge in [-0.2, -0.15) is 0 Å². The molecule has 146 valence electrons. The van der Waals surface area contributed by atoms with E-state index >= 15 is 0 Å². The Labute approximate surface area is 160 Å². The summed E-state index contributed by atoms with van der Waals surface area (Å²) in [4.78, 5) is 16.4. The summed E-state index contributed by atoms with van der Waals surface area (Å²) in [6.07, 6.45) is 0.423. The number of hydrogen-bond acceptors (Lipinski definition) is 6. The second-order valence-electron chi connectivity index (χ2n) is 5.88. The van der Waals surface area contributed by atoms with Crippen LogP contribution in [0.2, 0.25) is 0 Å². The number of anilines is 1. The number of aliphatic hydroxyl groups excluding tert-OH is 1. The molecule has 0 saturated carbocycles. The van der Waals surface area contributed by atoms with Crippen molar-refractivity contribution >= 4 is 11.6 Å². The van der Waals surface area contributed by atoms with Crippen LogP contribution in [-0.4, -0.2) is 40.0 Å². The van der Waals surface area contributed by atoms with Crippen LogP contribution in [0.5, 0.6) is 11.5 Å². The van der Waals surface area contributed by atoms with E-state index in [1.54, 1.807) is 18.2 Å². The molecule has 0 aliphatic carbocycles. The fraction of sp³-hybridized carbons (Fsp3) is 0.211. The smallest absolute Gasteiger partial charge is 0.295 e. The highest BCUT2D eigenvalue weighted by Gasteiger charge is 2.16. The van der Waals surface area contributed by atoms with Gasteiger partial charge in [-0.1, -0.05) is 12.1 Å². The molecule has 0 radical (unpaired) electrons. The van der Waals surface area contributed by atoms with E-state index in [0.717, 1.165) is 0 Å². The fourth-order valence-electron chi connectivity index (χ4n) is 2.53. The Bertz CT molecular complexity index is 959. The molecule has 0 spiro atoms. The van der Waals surface area contributed by atoms with Crippen LogP contribution in [-0.2, 0) is 6.54 Å². The summed E-state index contributed by atoms with van der Waals surface area (Å²) in [6, 6.07) is 10.5. The van der Waals surface area contributed by atoms with E-state index in [1.165, 1.54) is 49.5 Å². The lowest BCUT2D eigenvalue weighted by Gasteiger charge is -2.11. The first-order chi connectivity index (χ1) is 13.5. The van der Waals surface area contributed by atoms with Crippen molar-refractivity contribution in [3.05, 3.63) is 66.0 Å². The number of nitrogens with zero attached hydrogens (tertiary/aromatic N) is 3. The van der Waals surface area contributed by atoms with Crippen LogP contribution in [0.4, 0.5) is 10.1 Å². The molecule has 0 fully saturated rings. The van der Waals surface area contributed by atoms with Gasteiger partial charge in [-0.15, -0.1) is 5.10 Å². The predicted octanol–water partition coefficient (Wildman–Crippen LogP) is 2.42. The number of aliphatic hydroxyl groups is 1. The number of rotatable bonds is 7. The van der Waals surface area contributed by atoms with Crippen LogP contribution in [0.3, 0.4) is 0 Å². The van der Waals surface area contributed by atoms with Crippen LogP contribution in [0.25, 0.3) is 0 Å². The number of hydrogen-bond donors (Lipinski definition) is 2. The fourth-order valence-corrected chi connectivity index (χ4v) is 2.53. The van der Waals surface area contributed by atoms with Crippen molar-refractivity contribution in [2.75, 3.05) is 19.5 Å². The first-order valence-corrected chi connectivity index (χ1v) is 8.36. The molecular formula is C19H19FN4O4. The first kappa shape index (κ1) is 19.3. The molecule has 3 aromatic rings. The molecule has 28 heavy (non-hydrogen) atoms. The van der Waals surface area contributed by atoms with E-state index in [0.29, 0.717) is 22.7 Å². The second-order valence-corrected chi connectivity index (χ2v) is 5.88. The Kier molecular flexibility index (Phi) is 5.85. The summed E-state index contributed by atoms with van der Waals surface area (Å²) in [7, 11) is 3.01. The van der Waals surface area contributed by atoms with Crippen molar-refractivity contribution in [2.24, 2.45) is 0 Å². The zero-order valence-corrected chi connectivity index (χ0v) is 15.3. The van der Waals surface area contributed by atoms with Crippen molar-refractivity contribution in [1.29, 1.82) is 0 Å². The number of carbonyl (C=O) groups excluding carboxylic acids is 1. The lowest BCUT2D eigenvalue weighted by molar-refractivity contribution is 0.101. The highest BCUT2D eigenvalue weighted by Crippen LogP contribution is 2.29. The maximum atomic E-state index is 13.0. The highest BCUT2D eigenvalue weighted by atomic mass is 19.1. The van der Waals surface area contributed by atoms with Gasteiger partial charge >= 0.3 is 0 Å². The Balaban J connectivity index is 1.68. The van der Waals surface area contributed by atoms with Crippen LogP contribution in [0.1, 0.15) is 22.3 Å². The molecule has 1 amide bonds. The van der Waals surface area contributed by atoms with Crippen LogP contribution in [0.15, 0.2) is 48.8 Å². The number of carbonyl (C=O) groups is 1. The monoisotopic (exact) mass is 386 g/mol. The summed E-state index contributed by atoms with van der Waals surface area (Å²) < 4.78 is 24.7. The molecule has 0 saturated heterocycles. The molecule has 3 rings (SSSR count). The lowest BCUT2D eigenvalue weighted by Crippen LogP contribution is -2.16. The third-order valence-electron chi connectivity index (χ3n) is 4.01. The van der Waals surface area contributed by atoms with E-state index in [9.17, 15) is 14.3 Å². The third kappa shape index (κ3) is 4.44. The van der Waals surface area contributed by atoms with Crippen molar-refractivity contribution in [1.82, 2.24) is 14.8 Å². The molecule has 1 atom stereocenters. The molecule has 0 aliphatic heterocycles. The molecular weight excluding hydrogens is 367 g/mol. The standard InChI is InChI=1S/C19H19FN4O4/c1-27-14-7-8-15(17(9-14)28-2)22-19(26)18-21-11-24(23-18)10-16(25)12-3-5-13(20)6-4-12/h3-9,11,16,25H,10H2,1-2H3,(H,22,26). The Morgan fingerprint density at radius 3 is 2.64 bits per heavy atom. The Hall–Kier alpha value is -3.46. The molecule has 2 N–H and O–H groups in total. The zero-order valence-electron chi connectivity index (χ0n) is 15.3. The summed E-state index contributed by atoms with van der Waals surface area (Å²) in [5, 5.41) is 17.0. The minimum atomic E-state index is -0.917. The topological polar surface area (TPSA) is 98.5 Å². The maximum absolute atomic E-state index is 13.0. The number of nitrogens with one attached hydrogen (secondary N) is 1. The second kappa shape index (κ2) is 8.49. The van der Waals surface area contributed by atoms with Gasteiger partial charge in [0.1, 0.15) is 23.6 Å². The number of methoxy groups -OCH3 is 2. The molecule has 9 heteroatoms. The summed E-state index contributed by atoms with van der Waals surface area (Å²) in [5.74, 6) is 0.0400. The average molecular weight is 386 g/mol. The van der Waals surface area contributed by atoms with Crippen molar-refractivity contribution in [3.8, 4) is 11.5 Å². The van der Waals surface area contributed by atoms with Gasteiger partial charge in [0.05, 0.1) is 32.6 Å². The van der Waals surface area contributed by atoms with E-state index in [1.807, 2.05) is 0 Å². The van der Waals surface area contributed by atoms with Crippen LogP contribution >= 0.6 is 0 Å². The molecule has 8 nitrogen and oxygen atoms in total. The van der Waals surface area contributed by atoms with Gasteiger partial charge in [-0.25, -0.2) is 14.1 Å². The van der Waals surface area contributed by atoms with E-state index in [-0.39, 0.29) is 18.2 Å². The third-order valence-corrected chi connectivity index (χ3v) is 4.01. The minimum absolute atomic E-state index is 0.0656. The van der Waals surface area contributed by atoms with E-state index < -0.39 is 12.0 Å². The zero-order chi connectivity index (χ0) is 20.1. The van der Waals surface area contributed by atoms with Crippen molar-refractivity contribution < 1.29 is 23.8 Å². The quantitative estimate of drug-likeness (QED) is 0.647. The highest BCUT2D eigenvalue weighted by molar-refractivity contribution is 6.02. The number of halogens is 1. The minimum Gasteiger partial charge on any atom is -0.497 e. The number of benzene rings is 2. The van der Waals surface area contributed by atoms with Crippen LogP contribution in [0, 0.1) is 5.82 Å². The largest absolute Gasteiger partial charge is 0.497 e. The molecule has 2 aromatic carbocycles. The number of ether oxygens (including phenoxy) is 2. The molecule has 1 heterocycles. The van der Waals surface area contributed by atoms with Gasteiger partial charge in [-0.3, -0.25) is 4.79 Å². The van der Waals surface area contributed by atoms with Gasteiger partial charge in [0.2, 0.25) is 5.82 Å². The molecule has 1 aromatic heterocycles. The predicted molar refractivity (Wildman–Crippen MR) is 98.9 cm³/mol. The number of aromatic nitrogens is 3. The van der Waals surface area contributed by atoms with Gasteiger partial charge in [0, 0.05) is 6.07 Å². The van der Waals surface area contributed by atoms with Gasteiger partial charge in [0.25, 0.3) is 5.91 Å². The summed E-state index contributed by atoms with van der Waals surface area (Å²) in [5.41, 5.74) is 0.974. The number of amides is 1. The molecule has 0 bridgehead atoms. The van der Waals surface area contributed by atoms with Gasteiger partial charge in [0.15, 0.2) is 0 Å². The Morgan fingerprint density at radius 2 is 1.96 bits per heavy atom. The average Bonchev–Trinajstić information content (AvgIpc) is 3.17. The van der Waals surface area contributed by atoms with E-state index in [4.69, 9.17) is 9.47 Å². The lowest BCUT2D eigenvalue weighted by atomic mass is 10.1. The van der Waals surface area contributed by atoms with Gasteiger partial charge in [-0.05, 0) is 29.8 Å². The van der Waals surface area contributed by atoms with Gasteiger partial charge < -0.3 is 19.9 Å². The van der Waals surface area contributed by atoms with Crippen molar-refractivity contribution in [2.45, 2.75) is 12.6 Å². The van der Waals surface area contributed by atoms with Crippen LogP contribution < -0.4 is 14.8 Å². The van der Waals surface area contributed by atoms with Crippen molar-refractivity contribution in [3.63, 3.8) is 0 Å². The summed E-state index contributed by atoms with van der Waals surface area (Å²) in [6.45, 7) is 0.0672. The summed E-state index contributed by atoms with van der Waals surface area (Å²) >= 11 is 0. The Morgan fingerprint density at radius 1 is 1.21 bits per heavy atom. The normalized spacial score (nSPS) is 11.7.